The summed E-state index contributed by atoms with van der Waals surface area (Å²) in [6, 6.07) is 4.80. The fraction of sp³-hybridized carbons (Fsp3) is 0.286. The van der Waals surface area contributed by atoms with Crippen molar-refractivity contribution >= 4 is 28.2 Å². The van der Waals surface area contributed by atoms with Gasteiger partial charge in [-0.05, 0) is 25.1 Å². The van der Waals surface area contributed by atoms with Gasteiger partial charge in [0.05, 0.1) is 12.1 Å². The third-order valence-corrected chi connectivity index (χ3v) is 3.16. The molecule has 1 aromatic heterocycles. The van der Waals surface area contributed by atoms with Crippen LogP contribution in [0.5, 0.6) is 0 Å². The molecule has 0 saturated carbocycles. The Kier molecular flexibility index (Phi) is 4.02. The van der Waals surface area contributed by atoms with Crippen LogP contribution in [-0.4, -0.2) is 31.0 Å². The minimum absolute atomic E-state index is 0.0690. The summed E-state index contributed by atoms with van der Waals surface area (Å²) in [6.45, 7) is 2.41. The van der Waals surface area contributed by atoms with Gasteiger partial charge < -0.3 is 16.0 Å². The third-order valence-electron chi connectivity index (χ3n) is 3.16. The van der Waals surface area contributed by atoms with Gasteiger partial charge in [-0.25, -0.2) is 4.39 Å². The minimum Gasteiger partial charge on any atom is -0.398 e. The standard InChI is InChI=1S/C14H17FN4O/c1-3-19(8-12(20)17-2)14-10(15)7-11(16)9-5-4-6-18-13(9)14/h4-7H,3,8,16H2,1-2H3,(H,17,20). The normalized spacial score (nSPS) is 10.6. The van der Waals surface area contributed by atoms with Crippen molar-refractivity contribution in [3.63, 3.8) is 0 Å². The molecule has 1 aromatic carbocycles. The summed E-state index contributed by atoms with van der Waals surface area (Å²) >= 11 is 0. The second-order valence-corrected chi connectivity index (χ2v) is 4.38. The molecule has 0 aliphatic heterocycles. The van der Waals surface area contributed by atoms with Crippen LogP contribution in [0, 0.1) is 5.82 Å². The molecule has 6 heteroatoms. The van der Waals surface area contributed by atoms with E-state index in [4.69, 9.17) is 5.73 Å². The van der Waals surface area contributed by atoms with E-state index in [1.165, 1.54) is 6.07 Å². The summed E-state index contributed by atoms with van der Waals surface area (Å²) in [5.41, 5.74) is 6.93. The summed E-state index contributed by atoms with van der Waals surface area (Å²) in [5.74, 6) is -0.661. The lowest BCUT2D eigenvalue weighted by molar-refractivity contribution is -0.119. The van der Waals surface area contributed by atoms with Crippen LogP contribution in [0.2, 0.25) is 0 Å². The predicted molar refractivity (Wildman–Crippen MR) is 78.1 cm³/mol. The van der Waals surface area contributed by atoms with Crippen LogP contribution in [0.1, 0.15) is 6.92 Å². The first-order chi connectivity index (χ1) is 9.58. The number of amides is 1. The Morgan fingerprint density at radius 2 is 2.30 bits per heavy atom. The molecule has 0 unspecified atom stereocenters. The molecule has 5 nitrogen and oxygen atoms in total. The number of hydrogen-bond acceptors (Lipinski definition) is 4. The summed E-state index contributed by atoms with van der Waals surface area (Å²) < 4.78 is 14.3. The first-order valence-corrected chi connectivity index (χ1v) is 6.36. The number of nitrogen functional groups attached to an aromatic ring is 1. The van der Waals surface area contributed by atoms with E-state index in [0.29, 0.717) is 28.8 Å². The van der Waals surface area contributed by atoms with Gasteiger partial charge in [0.25, 0.3) is 0 Å². The highest BCUT2D eigenvalue weighted by Gasteiger charge is 2.18. The number of carbonyl (C=O) groups is 1. The van der Waals surface area contributed by atoms with Gasteiger partial charge in [-0.15, -0.1) is 0 Å². The number of nitrogens with zero attached hydrogens (tertiary/aromatic N) is 2. The van der Waals surface area contributed by atoms with E-state index in [9.17, 15) is 9.18 Å². The van der Waals surface area contributed by atoms with Crippen LogP contribution < -0.4 is 16.0 Å². The molecule has 0 radical (unpaired) electrons. The molecule has 0 bridgehead atoms. The Hall–Kier alpha value is -2.37. The molecular weight excluding hydrogens is 259 g/mol. The Morgan fingerprint density at radius 3 is 2.95 bits per heavy atom. The zero-order chi connectivity index (χ0) is 14.7. The molecule has 0 saturated heterocycles. The molecule has 0 aliphatic rings. The molecule has 106 valence electrons. The van der Waals surface area contributed by atoms with Crippen LogP contribution in [0.15, 0.2) is 24.4 Å². The maximum absolute atomic E-state index is 14.3. The number of halogens is 1. The van der Waals surface area contributed by atoms with Gasteiger partial charge in [0.1, 0.15) is 5.69 Å². The smallest absolute Gasteiger partial charge is 0.239 e. The Labute approximate surface area is 116 Å². The fourth-order valence-corrected chi connectivity index (χ4v) is 2.12. The quantitative estimate of drug-likeness (QED) is 0.831. The van der Waals surface area contributed by atoms with Crippen molar-refractivity contribution in [1.29, 1.82) is 0 Å². The molecular formula is C14H17FN4O. The zero-order valence-corrected chi connectivity index (χ0v) is 11.5. The molecule has 3 N–H and O–H groups in total. The summed E-state index contributed by atoms with van der Waals surface area (Å²) in [7, 11) is 1.55. The Morgan fingerprint density at radius 1 is 1.55 bits per heavy atom. The lowest BCUT2D eigenvalue weighted by atomic mass is 10.1. The minimum atomic E-state index is -0.473. The highest BCUT2D eigenvalue weighted by atomic mass is 19.1. The number of rotatable bonds is 4. The second-order valence-electron chi connectivity index (χ2n) is 4.38. The van der Waals surface area contributed by atoms with Crippen LogP contribution in [-0.2, 0) is 4.79 Å². The van der Waals surface area contributed by atoms with Gasteiger partial charge in [-0.3, -0.25) is 9.78 Å². The van der Waals surface area contributed by atoms with Crippen molar-refractivity contribution in [1.82, 2.24) is 10.3 Å². The van der Waals surface area contributed by atoms with E-state index in [2.05, 4.69) is 10.3 Å². The summed E-state index contributed by atoms with van der Waals surface area (Å²) in [4.78, 5) is 17.4. The number of aromatic nitrogens is 1. The summed E-state index contributed by atoms with van der Waals surface area (Å²) in [6.07, 6.45) is 1.58. The number of fused-ring (bicyclic) bond motifs is 1. The fourth-order valence-electron chi connectivity index (χ4n) is 2.12. The van der Waals surface area contributed by atoms with Crippen molar-refractivity contribution in [2.75, 3.05) is 30.8 Å². The number of pyridine rings is 1. The van der Waals surface area contributed by atoms with Crippen molar-refractivity contribution in [2.45, 2.75) is 6.92 Å². The topological polar surface area (TPSA) is 71.2 Å². The van der Waals surface area contributed by atoms with Gasteiger partial charge in [0, 0.05) is 30.9 Å². The molecule has 0 atom stereocenters. The van der Waals surface area contributed by atoms with Gasteiger partial charge in [-0.2, -0.15) is 0 Å². The number of nitrogens with one attached hydrogen (secondary N) is 1. The number of carbonyl (C=O) groups excluding carboxylic acids is 1. The number of benzene rings is 1. The number of anilines is 2. The van der Waals surface area contributed by atoms with Gasteiger partial charge in [0.2, 0.25) is 5.91 Å². The Balaban J connectivity index is 2.59. The van der Waals surface area contributed by atoms with E-state index < -0.39 is 5.82 Å². The van der Waals surface area contributed by atoms with Crippen molar-refractivity contribution in [3.8, 4) is 0 Å². The highest BCUT2D eigenvalue weighted by Crippen LogP contribution is 2.32. The van der Waals surface area contributed by atoms with Crippen molar-refractivity contribution < 1.29 is 9.18 Å². The lowest BCUT2D eigenvalue weighted by Gasteiger charge is -2.24. The van der Waals surface area contributed by atoms with Gasteiger partial charge >= 0.3 is 0 Å². The molecule has 2 aromatic rings. The molecule has 1 amide bonds. The average molecular weight is 276 g/mol. The van der Waals surface area contributed by atoms with Gasteiger partial charge in [-0.1, -0.05) is 0 Å². The van der Waals surface area contributed by atoms with Crippen molar-refractivity contribution in [2.24, 2.45) is 0 Å². The summed E-state index contributed by atoms with van der Waals surface area (Å²) in [5, 5.41) is 3.21. The monoisotopic (exact) mass is 276 g/mol. The molecule has 2 rings (SSSR count). The SMILES string of the molecule is CCN(CC(=O)NC)c1c(F)cc(N)c2cccnc12. The second kappa shape index (κ2) is 5.73. The van der Waals surface area contributed by atoms with Gasteiger partial charge in [0.15, 0.2) is 5.82 Å². The van der Waals surface area contributed by atoms with E-state index in [1.807, 2.05) is 6.92 Å². The van der Waals surface area contributed by atoms with Crippen LogP contribution in [0.25, 0.3) is 10.9 Å². The van der Waals surface area contributed by atoms with Crippen LogP contribution in [0.3, 0.4) is 0 Å². The maximum atomic E-state index is 14.3. The van der Waals surface area contributed by atoms with E-state index in [1.54, 1.807) is 30.3 Å². The number of likely N-dealkylation sites (N-methyl/N-ethyl adjacent to an activating group) is 2. The van der Waals surface area contributed by atoms with Crippen molar-refractivity contribution in [3.05, 3.63) is 30.2 Å². The van der Waals surface area contributed by atoms with Crippen LogP contribution in [0.4, 0.5) is 15.8 Å². The molecule has 1 heterocycles. The maximum Gasteiger partial charge on any atom is 0.239 e. The molecule has 20 heavy (non-hydrogen) atoms. The lowest BCUT2D eigenvalue weighted by Crippen LogP contribution is -2.36. The van der Waals surface area contributed by atoms with E-state index >= 15 is 0 Å². The number of hydrogen-bond donors (Lipinski definition) is 2. The average Bonchev–Trinajstić information content (AvgIpc) is 2.45. The first kappa shape index (κ1) is 14.0. The largest absolute Gasteiger partial charge is 0.398 e. The highest BCUT2D eigenvalue weighted by molar-refractivity contribution is 5.99. The van der Waals surface area contributed by atoms with E-state index in [-0.39, 0.29) is 12.5 Å². The first-order valence-electron chi connectivity index (χ1n) is 6.36. The molecule has 0 spiro atoms. The van der Waals surface area contributed by atoms with E-state index in [0.717, 1.165) is 0 Å². The predicted octanol–water partition coefficient (Wildman–Crippen LogP) is 1.53. The van der Waals surface area contributed by atoms with Crippen LogP contribution >= 0.6 is 0 Å². The molecule has 0 fully saturated rings. The Bertz CT molecular complexity index is 644. The molecule has 0 aliphatic carbocycles. The number of nitrogens with two attached hydrogens (primary N) is 1. The zero-order valence-electron chi connectivity index (χ0n) is 11.5. The third kappa shape index (κ3) is 2.49.